The highest BCUT2D eigenvalue weighted by Crippen LogP contribution is 2.34. The van der Waals surface area contributed by atoms with Crippen LogP contribution in [-0.4, -0.2) is 21.9 Å². The minimum absolute atomic E-state index is 0.593. The van der Waals surface area contributed by atoms with Crippen molar-refractivity contribution in [3.8, 4) is 16.5 Å². The first-order valence-corrected chi connectivity index (χ1v) is 5.27. The second-order valence-electron chi connectivity index (χ2n) is 2.70. The van der Waals surface area contributed by atoms with Gasteiger partial charge in [-0.3, -0.25) is 0 Å². The lowest BCUT2D eigenvalue weighted by molar-refractivity contribution is 0.417. The van der Waals surface area contributed by atoms with E-state index in [0.717, 1.165) is 16.5 Å². The molecule has 0 spiro atoms. The number of thiol groups is 1. The van der Waals surface area contributed by atoms with E-state index in [1.165, 1.54) is 0 Å². The molecule has 2 aromatic rings. The second kappa shape index (κ2) is 3.62. The van der Waals surface area contributed by atoms with Crippen molar-refractivity contribution in [1.82, 2.24) is 14.8 Å². The summed E-state index contributed by atoms with van der Waals surface area (Å²) in [6, 6.07) is 1.91. The standard InChI is InChI=1S/C8H9N3OS2/c1-11-7(9-10-8(11)13)6-5(12-2)3-4-14-6/h3-4H,1-2H3,(H,10,13). The average molecular weight is 227 g/mol. The van der Waals surface area contributed by atoms with E-state index in [1.807, 2.05) is 23.1 Å². The van der Waals surface area contributed by atoms with Crippen molar-refractivity contribution in [2.45, 2.75) is 5.16 Å². The van der Waals surface area contributed by atoms with E-state index in [-0.39, 0.29) is 0 Å². The van der Waals surface area contributed by atoms with E-state index in [2.05, 4.69) is 22.8 Å². The summed E-state index contributed by atoms with van der Waals surface area (Å²) >= 11 is 5.74. The van der Waals surface area contributed by atoms with E-state index in [0.29, 0.717) is 5.16 Å². The van der Waals surface area contributed by atoms with E-state index >= 15 is 0 Å². The summed E-state index contributed by atoms with van der Waals surface area (Å²) in [6.07, 6.45) is 0. The zero-order valence-electron chi connectivity index (χ0n) is 7.76. The Morgan fingerprint density at radius 1 is 1.50 bits per heavy atom. The van der Waals surface area contributed by atoms with Crippen molar-refractivity contribution in [1.29, 1.82) is 0 Å². The van der Waals surface area contributed by atoms with E-state index < -0.39 is 0 Å². The molecule has 0 radical (unpaired) electrons. The van der Waals surface area contributed by atoms with Crippen molar-refractivity contribution in [3.05, 3.63) is 11.4 Å². The van der Waals surface area contributed by atoms with Crippen LogP contribution in [0.25, 0.3) is 10.7 Å². The molecular formula is C8H9N3OS2. The minimum atomic E-state index is 0.593. The van der Waals surface area contributed by atoms with E-state index in [9.17, 15) is 0 Å². The minimum Gasteiger partial charge on any atom is -0.495 e. The van der Waals surface area contributed by atoms with Crippen molar-refractivity contribution in [2.75, 3.05) is 7.11 Å². The fourth-order valence-electron chi connectivity index (χ4n) is 1.14. The lowest BCUT2D eigenvalue weighted by Gasteiger charge is -2.01. The van der Waals surface area contributed by atoms with Gasteiger partial charge in [0.15, 0.2) is 11.0 Å². The third-order valence-corrected chi connectivity index (χ3v) is 3.19. The zero-order chi connectivity index (χ0) is 10.1. The molecule has 2 aromatic heterocycles. The van der Waals surface area contributed by atoms with E-state index in [1.54, 1.807) is 18.4 Å². The maximum atomic E-state index is 5.21. The van der Waals surface area contributed by atoms with Crippen LogP contribution >= 0.6 is 24.0 Å². The highest BCUT2D eigenvalue weighted by molar-refractivity contribution is 7.80. The molecule has 0 aromatic carbocycles. The molecule has 0 N–H and O–H groups in total. The fraction of sp³-hybridized carbons (Fsp3) is 0.250. The largest absolute Gasteiger partial charge is 0.495 e. The Balaban J connectivity index is 2.54. The van der Waals surface area contributed by atoms with Gasteiger partial charge in [-0.1, -0.05) is 0 Å². The van der Waals surface area contributed by atoms with Gasteiger partial charge in [-0.2, -0.15) is 0 Å². The number of ether oxygens (including phenoxy) is 1. The molecule has 0 bridgehead atoms. The molecule has 6 heteroatoms. The van der Waals surface area contributed by atoms with Crippen LogP contribution in [0.3, 0.4) is 0 Å². The zero-order valence-corrected chi connectivity index (χ0v) is 9.47. The number of nitrogens with zero attached hydrogens (tertiary/aromatic N) is 3. The van der Waals surface area contributed by atoms with Crippen molar-refractivity contribution in [3.63, 3.8) is 0 Å². The summed E-state index contributed by atoms with van der Waals surface area (Å²) in [5.41, 5.74) is 0. The van der Waals surface area contributed by atoms with Gasteiger partial charge in [0.2, 0.25) is 0 Å². The van der Waals surface area contributed by atoms with Crippen LogP contribution in [-0.2, 0) is 7.05 Å². The van der Waals surface area contributed by atoms with Gasteiger partial charge < -0.3 is 9.30 Å². The van der Waals surface area contributed by atoms with Crippen LogP contribution in [0.2, 0.25) is 0 Å². The van der Waals surface area contributed by atoms with Crippen LogP contribution in [0, 0.1) is 0 Å². The van der Waals surface area contributed by atoms with E-state index in [4.69, 9.17) is 4.74 Å². The van der Waals surface area contributed by atoms with Gasteiger partial charge in [0.1, 0.15) is 10.6 Å². The molecule has 0 saturated heterocycles. The molecule has 0 aliphatic heterocycles. The summed E-state index contributed by atoms with van der Waals surface area (Å²) in [7, 11) is 3.51. The van der Waals surface area contributed by atoms with Crippen molar-refractivity contribution >= 4 is 24.0 Å². The first-order valence-electron chi connectivity index (χ1n) is 3.94. The maximum absolute atomic E-state index is 5.21. The fourth-order valence-corrected chi connectivity index (χ4v) is 2.16. The number of aromatic nitrogens is 3. The number of methoxy groups -OCH3 is 1. The Bertz CT molecular complexity index is 449. The third kappa shape index (κ3) is 1.40. The predicted molar refractivity (Wildman–Crippen MR) is 58.1 cm³/mol. The van der Waals surface area contributed by atoms with Gasteiger partial charge in [0, 0.05) is 7.05 Å². The molecule has 0 saturated carbocycles. The monoisotopic (exact) mass is 227 g/mol. The highest BCUT2D eigenvalue weighted by atomic mass is 32.1. The smallest absolute Gasteiger partial charge is 0.188 e. The number of hydrogen-bond donors (Lipinski definition) is 1. The van der Waals surface area contributed by atoms with Gasteiger partial charge in [0.05, 0.1) is 7.11 Å². The first kappa shape index (κ1) is 9.54. The van der Waals surface area contributed by atoms with Crippen molar-refractivity contribution < 1.29 is 4.74 Å². The van der Waals surface area contributed by atoms with Gasteiger partial charge in [-0.05, 0) is 11.4 Å². The molecular weight excluding hydrogens is 218 g/mol. The summed E-state index contributed by atoms with van der Waals surface area (Å²) in [4.78, 5) is 0.975. The third-order valence-electron chi connectivity index (χ3n) is 1.90. The molecule has 74 valence electrons. The second-order valence-corrected chi connectivity index (χ2v) is 4.02. The molecule has 2 rings (SSSR count). The molecule has 0 atom stereocenters. The van der Waals surface area contributed by atoms with Crippen LogP contribution in [0.1, 0.15) is 0 Å². The Hall–Kier alpha value is -1.01. The maximum Gasteiger partial charge on any atom is 0.188 e. The quantitative estimate of drug-likeness (QED) is 0.796. The van der Waals surface area contributed by atoms with Gasteiger partial charge in [-0.25, -0.2) is 0 Å². The molecule has 14 heavy (non-hydrogen) atoms. The Labute approximate surface area is 91.0 Å². The molecule has 4 nitrogen and oxygen atoms in total. The van der Waals surface area contributed by atoms with Gasteiger partial charge >= 0.3 is 0 Å². The van der Waals surface area contributed by atoms with Crippen LogP contribution < -0.4 is 4.74 Å². The predicted octanol–water partition coefficient (Wildman–Crippen LogP) is 1.84. The Morgan fingerprint density at radius 2 is 2.29 bits per heavy atom. The van der Waals surface area contributed by atoms with Gasteiger partial charge in [0.25, 0.3) is 0 Å². The average Bonchev–Trinajstić information content (AvgIpc) is 2.75. The normalized spacial score (nSPS) is 10.5. The molecule has 0 aliphatic rings. The number of hydrogen-bond acceptors (Lipinski definition) is 5. The lowest BCUT2D eigenvalue weighted by Crippen LogP contribution is -1.93. The Kier molecular flexibility index (Phi) is 2.47. The summed E-state index contributed by atoms with van der Waals surface area (Å²) in [5, 5.41) is 10.5. The van der Waals surface area contributed by atoms with Crippen molar-refractivity contribution in [2.24, 2.45) is 7.05 Å². The number of rotatable bonds is 2. The Morgan fingerprint density at radius 3 is 2.86 bits per heavy atom. The SMILES string of the molecule is COc1ccsc1-c1nnc(S)n1C. The van der Waals surface area contributed by atoms with Crippen LogP contribution in [0.5, 0.6) is 5.75 Å². The molecule has 0 fully saturated rings. The summed E-state index contributed by atoms with van der Waals surface area (Å²) in [6.45, 7) is 0. The van der Waals surface area contributed by atoms with Crippen LogP contribution in [0.15, 0.2) is 16.6 Å². The number of thiophene rings is 1. The highest BCUT2D eigenvalue weighted by Gasteiger charge is 2.14. The molecule has 0 unspecified atom stereocenters. The topological polar surface area (TPSA) is 39.9 Å². The summed E-state index contributed by atoms with van der Waals surface area (Å²) in [5.74, 6) is 1.60. The summed E-state index contributed by atoms with van der Waals surface area (Å²) < 4.78 is 7.03. The molecule has 2 heterocycles. The van der Waals surface area contributed by atoms with Gasteiger partial charge in [-0.15, -0.1) is 34.2 Å². The first-order chi connectivity index (χ1) is 6.74. The molecule has 0 aliphatic carbocycles. The van der Waals surface area contributed by atoms with Crippen LogP contribution in [0.4, 0.5) is 0 Å². The lowest BCUT2D eigenvalue weighted by atomic mass is 10.4. The molecule has 0 amide bonds.